The van der Waals surface area contributed by atoms with Crippen LogP contribution in [0, 0.1) is 0 Å². The van der Waals surface area contributed by atoms with E-state index in [-0.39, 0.29) is 0 Å². The highest BCUT2D eigenvalue weighted by molar-refractivity contribution is 5.79. The third-order valence-electron chi connectivity index (χ3n) is 3.35. The van der Waals surface area contributed by atoms with Gasteiger partial charge in [-0.1, -0.05) is 12.1 Å². The lowest BCUT2D eigenvalue weighted by atomic mass is 10.2. The number of aromatic nitrogens is 3. The molecule has 0 atom stereocenters. The number of nitrogens with one attached hydrogen (secondary N) is 2. The number of aryl methyl sites for hydroxylation is 1. The maximum absolute atomic E-state index is 5.23. The van der Waals surface area contributed by atoms with Crippen molar-refractivity contribution in [2.24, 2.45) is 4.99 Å². The average Bonchev–Trinajstić information content (AvgIpc) is 3.05. The van der Waals surface area contributed by atoms with Crippen molar-refractivity contribution in [1.82, 2.24) is 25.4 Å². The number of hydrogen-bond donors (Lipinski definition) is 2. The van der Waals surface area contributed by atoms with Gasteiger partial charge in [-0.25, -0.2) is 4.99 Å². The maximum Gasteiger partial charge on any atom is 0.191 e. The average molecular weight is 316 g/mol. The maximum atomic E-state index is 5.23. The molecule has 2 N–H and O–H groups in total. The van der Waals surface area contributed by atoms with Crippen molar-refractivity contribution in [1.29, 1.82) is 0 Å². The largest absolute Gasteiger partial charge is 0.497 e. The molecule has 0 spiro atoms. The Hall–Kier alpha value is -2.57. The van der Waals surface area contributed by atoms with E-state index in [0.717, 1.165) is 36.2 Å². The second-order valence-corrected chi connectivity index (χ2v) is 4.93. The molecule has 0 unspecified atom stereocenters. The van der Waals surface area contributed by atoms with Crippen molar-refractivity contribution in [3.05, 3.63) is 42.0 Å². The first kappa shape index (κ1) is 16.8. The van der Waals surface area contributed by atoms with Crippen LogP contribution in [0.1, 0.15) is 25.2 Å². The van der Waals surface area contributed by atoms with Gasteiger partial charge in [0.15, 0.2) is 11.8 Å². The van der Waals surface area contributed by atoms with Gasteiger partial charge in [0.25, 0.3) is 0 Å². The summed E-state index contributed by atoms with van der Waals surface area (Å²) in [4.78, 5) is 4.60. The van der Waals surface area contributed by atoms with Crippen LogP contribution in [0.25, 0.3) is 0 Å². The second-order valence-electron chi connectivity index (χ2n) is 4.93. The molecule has 0 saturated heterocycles. The van der Waals surface area contributed by atoms with Crippen molar-refractivity contribution in [2.75, 3.05) is 13.7 Å². The van der Waals surface area contributed by atoms with Crippen molar-refractivity contribution < 1.29 is 4.74 Å². The summed E-state index contributed by atoms with van der Waals surface area (Å²) in [7, 11) is 1.66. The van der Waals surface area contributed by atoms with Crippen LogP contribution in [0.4, 0.5) is 0 Å². The minimum atomic E-state index is 0.576. The molecule has 0 fully saturated rings. The highest BCUT2D eigenvalue weighted by Gasteiger charge is 2.04. The Morgan fingerprint density at radius 1 is 1.30 bits per heavy atom. The van der Waals surface area contributed by atoms with E-state index in [9.17, 15) is 0 Å². The molecule has 7 nitrogen and oxygen atoms in total. The number of benzene rings is 1. The molecule has 0 amide bonds. The third-order valence-corrected chi connectivity index (χ3v) is 3.35. The summed E-state index contributed by atoms with van der Waals surface area (Å²) in [5.41, 5.74) is 1.10. The summed E-state index contributed by atoms with van der Waals surface area (Å²) in [6, 6.07) is 7.91. The molecule has 0 aliphatic heterocycles. The van der Waals surface area contributed by atoms with Crippen LogP contribution < -0.4 is 15.4 Å². The quantitative estimate of drug-likeness (QED) is 0.599. The van der Waals surface area contributed by atoms with Gasteiger partial charge >= 0.3 is 0 Å². The summed E-state index contributed by atoms with van der Waals surface area (Å²) in [6.45, 7) is 6.91. The lowest BCUT2D eigenvalue weighted by Gasteiger charge is -2.11. The Bertz CT molecular complexity index is 637. The molecule has 2 aromatic rings. The predicted octanol–water partition coefficient (Wildman–Crippen LogP) is 1.56. The van der Waals surface area contributed by atoms with Gasteiger partial charge in [-0.05, 0) is 31.5 Å². The molecule has 1 aromatic heterocycles. The number of rotatable bonds is 7. The molecule has 0 saturated carbocycles. The third kappa shape index (κ3) is 4.98. The fourth-order valence-electron chi connectivity index (χ4n) is 2.13. The summed E-state index contributed by atoms with van der Waals surface area (Å²) in [5.74, 6) is 2.48. The standard InChI is InChI=1S/C16H24N6O/c1-4-17-16(19-11-15-21-20-12-22(15)5-2)18-10-13-7-6-8-14(9-13)23-3/h6-9,12H,4-5,10-11H2,1-3H3,(H2,17,18,19). The van der Waals surface area contributed by atoms with Crippen molar-refractivity contribution in [3.63, 3.8) is 0 Å². The van der Waals surface area contributed by atoms with E-state index < -0.39 is 0 Å². The van der Waals surface area contributed by atoms with Crippen LogP contribution >= 0.6 is 0 Å². The molecule has 0 radical (unpaired) electrons. The monoisotopic (exact) mass is 316 g/mol. The number of aliphatic imine (C=N–C) groups is 1. The number of guanidine groups is 1. The Kier molecular flexibility index (Phi) is 6.40. The molecule has 2 rings (SSSR count). The molecular formula is C16H24N6O. The van der Waals surface area contributed by atoms with Crippen molar-refractivity contribution in [2.45, 2.75) is 33.5 Å². The van der Waals surface area contributed by atoms with Gasteiger partial charge in [0, 0.05) is 13.1 Å². The summed E-state index contributed by atoms with van der Waals surface area (Å²) >= 11 is 0. The van der Waals surface area contributed by atoms with Gasteiger partial charge in [-0.15, -0.1) is 10.2 Å². The summed E-state index contributed by atoms with van der Waals surface area (Å²) in [5, 5.41) is 14.6. The highest BCUT2D eigenvalue weighted by atomic mass is 16.5. The highest BCUT2D eigenvalue weighted by Crippen LogP contribution is 2.13. The first-order valence-electron chi connectivity index (χ1n) is 7.78. The van der Waals surface area contributed by atoms with Crippen LogP contribution in [0.3, 0.4) is 0 Å². The minimum Gasteiger partial charge on any atom is -0.497 e. The summed E-state index contributed by atoms with van der Waals surface area (Å²) in [6.07, 6.45) is 1.73. The zero-order valence-electron chi connectivity index (χ0n) is 13.9. The van der Waals surface area contributed by atoms with Crippen molar-refractivity contribution >= 4 is 5.96 Å². The molecule has 0 bridgehead atoms. The van der Waals surface area contributed by atoms with E-state index in [0.29, 0.717) is 13.1 Å². The van der Waals surface area contributed by atoms with E-state index in [1.807, 2.05) is 35.8 Å². The van der Waals surface area contributed by atoms with Gasteiger partial charge < -0.3 is 19.9 Å². The normalized spacial score (nSPS) is 11.3. The first-order valence-corrected chi connectivity index (χ1v) is 7.78. The van der Waals surface area contributed by atoms with Gasteiger partial charge in [-0.2, -0.15) is 0 Å². The van der Waals surface area contributed by atoms with Gasteiger partial charge in [0.1, 0.15) is 12.1 Å². The number of hydrogen-bond acceptors (Lipinski definition) is 4. The minimum absolute atomic E-state index is 0.576. The molecular weight excluding hydrogens is 292 g/mol. The van der Waals surface area contributed by atoms with E-state index in [1.54, 1.807) is 13.4 Å². The lowest BCUT2D eigenvalue weighted by molar-refractivity contribution is 0.414. The molecule has 124 valence electrons. The number of nitrogens with zero attached hydrogens (tertiary/aromatic N) is 4. The lowest BCUT2D eigenvalue weighted by Crippen LogP contribution is -2.37. The van der Waals surface area contributed by atoms with E-state index in [1.165, 1.54) is 0 Å². The van der Waals surface area contributed by atoms with Crippen LogP contribution in [-0.4, -0.2) is 34.4 Å². The molecule has 1 aromatic carbocycles. The zero-order chi connectivity index (χ0) is 16.5. The number of methoxy groups -OCH3 is 1. The van der Waals surface area contributed by atoms with Gasteiger partial charge in [0.05, 0.1) is 20.2 Å². The molecule has 0 aliphatic carbocycles. The fraction of sp³-hybridized carbons (Fsp3) is 0.438. The molecule has 7 heteroatoms. The first-order chi connectivity index (χ1) is 11.3. The predicted molar refractivity (Wildman–Crippen MR) is 90.3 cm³/mol. The zero-order valence-corrected chi connectivity index (χ0v) is 13.9. The summed E-state index contributed by atoms with van der Waals surface area (Å²) < 4.78 is 7.23. The van der Waals surface area contributed by atoms with Gasteiger partial charge in [0.2, 0.25) is 0 Å². The smallest absolute Gasteiger partial charge is 0.191 e. The molecule has 0 aliphatic rings. The van der Waals surface area contributed by atoms with Crippen molar-refractivity contribution in [3.8, 4) is 5.75 Å². The van der Waals surface area contributed by atoms with Crippen LogP contribution in [-0.2, 0) is 19.6 Å². The fourth-order valence-corrected chi connectivity index (χ4v) is 2.13. The van der Waals surface area contributed by atoms with E-state index in [2.05, 4.69) is 32.7 Å². The SMILES string of the molecule is CCNC(=NCc1cccc(OC)c1)NCc1nncn1CC. The van der Waals surface area contributed by atoms with E-state index >= 15 is 0 Å². The Balaban J connectivity index is 1.99. The van der Waals surface area contributed by atoms with Gasteiger partial charge in [-0.3, -0.25) is 0 Å². The van der Waals surface area contributed by atoms with Crippen LogP contribution in [0.2, 0.25) is 0 Å². The van der Waals surface area contributed by atoms with Crippen LogP contribution in [0.5, 0.6) is 5.75 Å². The number of ether oxygens (including phenoxy) is 1. The Labute approximate surface area is 136 Å². The topological polar surface area (TPSA) is 76.4 Å². The second kappa shape index (κ2) is 8.77. The Morgan fingerprint density at radius 3 is 2.91 bits per heavy atom. The van der Waals surface area contributed by atoms with Crippen LogP contribution in [0.15, 0.2) is 35.6 Å². The molecule has 23 heavy (non-hydrogen) atoms. The van der Waals surface area contributed by atoms with E-state index in [4.69, 9.17) is 4.74 Å². The molecule has 1 heterocycles. The Morgan fingerprint density at radius 2 is 2.17 bits per heavy atom.